The lowest BCUT2D eigenvalue weighted by Gasteiger charge is -2.15. The Hall–Kier alpha value is -1.74. The molecule has 0 radical (unpaired) electrons. The number of amides is 1. The van der Waals surface area contributed by atoms with Crippen LogP contribution in [0.15, 0.2) is 30.3 Å². The summed E-state index contributed by atoms with van der Waals surface area (Å²) in [7, 11) is 3.44. The van der Waals surface area contributed by atoms with E-state index >= 15 is 0 Å². The lowest BCUT2D eigenvalue weighted by Crippen LogP contribution is -2.22. The third-order valence-electron chi connectivity index (χ3n) is 3.12. The molecular weight excluding hydrogens is 260 g/mol. The highest BCUT2D eigenvalue weighted by Crippen LogP contribution is 2.23. The number of aromatic nitrogens is 1. The SMILES string of the molecule is Cc1ccc(C)n1-c1ccc(Cl)c(C(=O)N(C)C)c1. The number of rotatable bonds is 2. The molecule has 1 aromatic carbocycles. The Bertz CT molecular complexity index is 610. The number of hydrogen-bond donors (Lipinski definition) is 0. The lowest BCUT2D eigenvalue weighted by atomic mass is 10.1. The van der Waals surface area contributed by atoms with Crippen LogP contribution in [-0.2, 0) is 0 Å². The first-order chi connectivity index (χ1) is 8.91. The van der Waals surface area contributed by atoms with Gasteiger partial charge in [0.1, 0.15) is 0 Å². The number of halogens is 1. The quantitative estimate of drug-likeness (QED) is 0.825. The number of nitrogens with zero attached hydrogens (tertiary/aromatic N) is 2. The highest BCUT2D eigenvalue weighted by molar-refractivity contribution is 6.33. The van der Waals surface area contributed by atoms with Crippen LogP contribution < -0.4 is 0 Å². The van der Waals surface area contributed by atoms with Gasteiger partial charge in [-0.05, 0) is 44.2 Å². The molecule has 0 saturated heterocycles. The molecule has 1 heterocycles. The molecule has 19 heavy (non-hydrogen) atoms. The second-order valence-corrected chi connectivity index (χ2v) is 5.22. The van der Waals surface area contributed by atoms with E-state index in [-0.39, 0.29) is 5.91 Å². The average Bonchev–Trinajstić information content (AvgIpc) is 2.69. The zero-order valence-electron chi connectivity index (χ0n) is 11.6. The molecule has 1 amide bonds. The van der Waals surface area contributed by atoms with E-state index in [4.69, 9.17) is 11.6 Å². The van der Waals surface area contributed by atoms with Crippen molar-refractivity contribution in [2.24, 2.45) is 0 Å². The van der Waals surface area contributed by atoms with Crippen molar-refractivity contribution in [1.82, 2.24) is 9.47 Å². The Kier molecular flexibility index (Phi) is 3.67. The Morgan fingerprint density at radius 2 is 1.68 bits per heavy atom. The van der Waals surface area contributed by atoms with Gasteiger partial charge in [-0.15, -0.1) is 0 Å². The minimum absolute atomic E-state index is 0.0886. The molecule has 0 atom stereocenters. The molecule has 1 aromatic heterocycles. The summed E-state index contributed by atoms with van der Waals surface area (Å²) in [6.45, 7) is 4.07. The van der Waals surface area contributed by atoms with E-state index in [9.17, 15) is 4.79 Å². The van der Waals surface area contributed by atoms with Crippen molar-refractivity contribution in [3.8, 4) is 5.69 Å². The molecule has 2 rings (SSSR count). The van der Waals surface area contributed by atoms with Crippen LogP contribution in [0.1, 0.15) is 21.7 Å². The summed E-state index contributed by atoms with van der Waals surface area (Å²) in [5, 5.41) is 0.477. The zero-order valence-corrected chi connectivity index (χ0v) is 12.3. The smallest absolute Gasteiger partial charge is 0.254 e. The van der Waals surface area contributed by atoms with Crippen LogP contribution in [0.3, 0.4) is 0 Å². The summed E-state index contributed by atoms with van der Waals surface area (Å²) in [6.07, 6.45) is 0. The van der Waals surface area contributed by atoms with Gasteiger partial charge in [-0.2, -0.15) is 0 Å². The fourth-order valence-electron chi connectivity index (χ4n) is 2.13. The Morgan fingerprint density at radius 1 is 1.11 bits per heavy atom. The first kappa shape index (κ1) is 13.7. The van der Waals surface area contributed by atoms with Crippen LogP contribution in [0, 0.1) is 13.8 Å². The van der Waals surface area contributed by atoms with Crippen LogP contribution in [0.25, 0.3) is 5.69 Å². The van der Waals surface area contributed by atoms with Crippen molar-refractivity contribution in [1.29, 1.82) is 0 Å². The van der Waals surface area contributed by atoms with Gasteiger partial charge >= 0.3 is 0 Å². The highest BCUT2D eigenvalue weighted by atomic mass is 35.5. The normalized spacial score (nSPS) is 10.6. The molecule has 0 unspecified atom stereocenters. The van der Waals surface area contributed by atoms with Crippen molar-refractivity contribution in [2.45, 2.75) is 13.8 Å². The van der Waals surface area contributed by atoms with E-state index in [1.807, 2.05) is 26.0 Å². The topological polar surface area (TPSA) is 25.2 Å². The number of carbonyl (C=O) groups is 1. The number of benzene rings is 1. The predicted octanol–water partition coefficient (Wildman–Crippen LogP) is 3.45. The largest absolute Gasteiger partial charge is 0.345 e. The van der Waals surface area contributed by atoms with Gasteiger partial charge in [0.2, 0.25) is 0 Å². The molecule has 0 aliphatic heterocycles. The number of aryl methyl sites for hydroxylation is 2. The van der Waals surface area contributed by atoms with Gasteiger partial charge in [0, 0.05) is 31.2 Å². The third kappa shape index (κ3) is 2.51. The third-order valence-corrected chi connectivity index (χ3v) is 3.45. The van der Waals surface area contributed by atoms with Crippen LogP contribution in [0.4, 0.5) is 0 Å². The van der Waals surface area contributed by atoms with Gasteiger partial charge in [0.05, 0.1) is 10.6 Å². The molecule has 0 fully saturated rings. The van der Waals surface area contributed by atoms with E-state index in [2.05, 4.69) is 16.7 Å². The van der Waals surface area contributed by atoms with E-state index in [1.54, 1.807) is 20.2 Å². The molecule has 0 aliphatic rings. The summed E-state index contributed by atoms with van der Waals surface area (Å²) in [6, 6.07) is 9.64. The van der Waals surface area contributed by atoms with Gasteiger partial charge in [0.15, 0.2) is 0 Å². The van der Waals surface area contributed by atoms with Gasteiger partial charge in [-0.1, -0.05) is 11.6 Å². The summed E-state index contributed by atoms with van der Waals surface area (Å²) in [5.41, 5.74) is 3.73. The molecular formula is C15H17ClN2O. The molecule has 4 heteroatoms. The van der Waals surface area contributed by atoms with E-state index in [0.29, 0.717) is 10.6 Å². The van der Waals surface area contributed by atoms with Crippen molar-refractivity contribution < 1.29 is 4.79 Å². The molecule has 3 nitrogen and oxygen atoms in total. The Balaban J connectivity index is 2.56. The van der Waals surface area contributed by atoms with Gasteiger partial charge in [0.25, 0.3) is 5.91 Å². The maximum absolute atomic E-state index is 12.1. The molecule has 100 valence electrons. The summed E-state index contributed by atoms with van der Waals surface area (Å²) in [5.74, 6) is -0.0886. The van der Waals surface area contributed by atoms with Crippen molar-refractivity contribution in [3.63, 3.8) is 0 Å². The van der Waals surface area contributed by atoms with Crippen LogP contribution >= 0.6 is 11.6 Å². The molecule has 0 N–H and O–H groups in total. The highest BCUT2D eigenvalue weighted by Gasteiger charge is 2.14. The predicted molar refractivity (Wildman–Crippen MR) is 78.3 cm³/mol. The van der Waals surface area contributed by atoms with Crippen LogP contribution in [-0.4, -0.2) is 29.5 Å². The van der Waals surface area contributed by atoms with Gasteiger partial charge in [-0.25, -0.2) is 0 Å². The van der Waals surface area contributed by atoms with Crippen molar-refractivity contribution >= 4 is 17.5 Å². The molecule has 2 aromatic rings. The Labute approximate surface area is 118 Å². The average molecular weight is 277 g/mol. The first-order valence-electron chi connectivity index (χ1n) is 6.08. The van der Waals surface area contributed by atoms with E-state index < -0.39 is 0 Å². The first-order valence-corrected chi connectivity index (χ1v) is 6.46. The molecule has 0 bridgehead atoms. The standard InChI is InChI=1S/C15H17ClN2O/c1-10-5-6-11(2)18(10)12-7-8-14(16)13(9-12)15(19)17(3)4/h5-9H,1-4H3. The van der Waals surface area contributed by atoms with Crippen LogP contribution in [0.5, 0.6) is 0 Å². The van der Waals surface area contributed by atoms with E-state index in [0.717, 1.165) is 17.1 Å². The zero-order chi connectivity index (χ0) is 14.2. The van der Waals surface area contributed by atoms with Crippen molar-refractivity contribution in [3.05, 3.63) is 52.3 Å². The monoisotopic (exact) mass is 276 g/mol. The summed E-state index contributed by atoms with van der Waals surface area (Å²) < 4.78 is 2.10. The summed E-state index contributed by atoms with van der Waals surface area (Å²) in [4.78, 5) is 13.6. The maximum Gasteiger partial charge on any atom is 0.254 e. The fourth-order valence-corrected chi connectivity index (χ4v) is 2.33. The second kappa shape index (κ2) is 5.10. The molecule has 0 saturated carbocycles. The number of carbonyl (C=O) groups excluding carboxylic acids is 1. The minimum Gasteiger partial charge on any atom is -0.345 e. The van der Waals surface area contributed by atoms with Crippen LogP contribution in [0.2, 0.25) is 5.02 Å². The maximum atomic E-state index is 12.1. The van der Waals surface area contributed by atoms with Gasteiger partial charge in [-0.3, -0.25) is 4.79 Å². The van der Waals surface area contributed by atoms with Crippen molar-refractivity contribution in [2.75, 3.05) is 14.1 Å². The van der Waals surface area contributed by atoms with Gasteiger partial charge < -0.3 is 9.47 Å². The molecule has 0 spiro atoms. The number of hydrogen-bond acceptors (Lipinski definition) is 1. The minimum atomic E-state index is -0.0886. The fraction of sp³-hybridized carbons (Fsp3) is 0.267. The second-order valence-electron chi connectivity index (χ2n) is 4.82. The van der Waals surface area contributed by atoms with E-state index in [1.165, 1.54) is 4.90 Å². The Morgan fingerprint density at radius 3 is 2.21 bits per heavy atom. The summed E-state index contributed by atoms with van der Waals surface area (Å²) >= 11 is 6.12. The molecule has 0 aliphatic carbocycles. The lowest BCUT2D eigenvalue weighted by molar-refractivity contribution is 0.0827.